The molecule has 0 aromatic carbocycles. The molecular weight excluding hydrogens is 232 g/mol. The number of aliphatic carboxylic acids is 1. The van der Waals surface area contributed by atoms with Gasteiger partial charge in [0.15, 0.2) is 0 Å². The van der Waals surface area contributed by atoms with E-state index in [1.54, 1.807) is 7.05 Å². The van der Waals surface area contributed by atoms with Gasteiger partial charge < -0.3 is 15.3 Å². The second kappa shape index (κ2) is 6.73. The molecule has 0 atom stereocenters. The number of nitrogens with one attached hydrogen (secondary N) is 1. The van der Waals surface area contributed by atoms with Gasteiger partial charge in [-0.3, -0.25) is 9.59 Å². The first-order valence-corrected chi connectivity index (χ1v) is 6.64. The Hall–Kier alpha value is -1.10. The molecule has 0 aromatic rings. The molecule has 2 N–H and O–H groups in total. The molecule has 5 heteroatoms. The maximum absolute atomic E-state index is 12.1. The van der Waals surface area contributed by atoms with Gasteiger partial charge in [0.05, 0.1) is 6.42 Å². The average Bonchev–Trinajstić information content (AvgIpc) is 2.36. The van der Waals surface area contributed by atoms with E-state index in [2.05, 4.69) is 5.32 Å². The molecule has 0 unspecified atom stereocenters. The summed E-state index contributed by atoms with van der Waals surface area (Å²) >= 11 is 0. The summed E-state index contributed by atoms with van der Waals surface area (Å²) in [4.78, 5) is 24.1. The third-order valence-corrected chi connectivity index (χ3v) is 3.92. The van der Waals surface area contributed by atoms with Crippen LogP contribution in [0.3, 0.4) is 0 Å². The lowest BCUT2D eigenvalue weighted by Crippen LogP contribution is -2.48. The maximum atomic E-state index is 12.1. The third kappa shape index (κ3) is 4.29. The van der Waals surface area contributed by atoms with E-state index >= 15 is 0 Å². The number of hydrogen-bond acceptors (Lipinski definition) is 3. The van der Waals surface area contributed by atoms with Gasteiger partial charge in [-0.2, -0.15) is 0 Å². The van der Waals surface area contributed by atoms with Gasteiger partial charge in [0.1, 0.15) is 0 Å². The summed E-state index contributed by atoms with van der Waals surface area (Å²) in [5.41, 5.74) is -0.0766. The minimum absolute atomic E-state index is 0.00872. The highest BCUT2D eigenvalue weighted by atomic mass is 16.4. The molecule has 104 valence electrons. The van der Waals surface area contributed by atoms with Crippen LogP contribution in [0.2, 0.25) is 0 Å². The fraction of sp³-hybridized carbons (Fsp3) is 0.846. The van der Waals surface area contributed by atoms with E-state index in [4.69, 9.17) is 5.11 Å². The summed E-state index contributed by atoms with van der Waals surface area (Å²) in [6.07, 6.45) is 6.10. The summed E-state index contributed by atoms with van der Waals surface area (Å²) in [5.74, 6) is -0.830. The molecule has 0 saturated heterocycles. The Morgan fingerprint density at radius 2 is 1.89 bits per heavy atom. The molecule has 5 nitrogen and oxygen atoms in total. The Morgan fingerprint density at radius 1 is 1.28 bits per heavy atom. The first-order valence-electron chi connectivity index (χ1n) is 6.64. The molecule has 0 bridgehead atoms. The quantitative estimate of drug-likeness (QED) is 0.750. The standard InChI is InChI=1S/C13H24N2O3/c1-14-13(7-4-3-5-8-13)10-11(16)15(2)9-6-12(17)18/h14H,3-10H2,1-2H3,(H,17,18). The zero-order valence-corrected chi connectivity index (χ0v) is 11.4. The van der Waals surface area contributed by atoms with E-state index < -0.39 is 5.97 Å². The number of carboxylic acid groups (broad SMARTS) is 1. The van der Waals surface area contributed by atoms with Crippen molar-refractivity contribution < 1.29 is 14.7 Å². The summed E-state index contributed by atoms with van der Waals surface area (Å²) in [5, 5.41) is 11.9. The van der Waals surface area contributed by atoms with Crippen LogP contribution in [0.5, 0.6) is 0 Å². The summed E-state index contributed by atoms with van der Waals surface area (Å²) < 4.78 is 0. The smallest absolute Gasteiger partial charge is 0.305 e. The van der Waals surface area contributed by atoms with Gasteiger partial charge >= 0.3 is 5.97 Å². The molecule has 0 aliphatic heterocycles. The van der Waals surface area contributed by atoms with Crippen molar-refractivity contribution in [2.24, 2.45) is 0 Å². The van der Waals surface area contributed by atoms with E-state index in [9.17, 15) is 9.59 Å². The van der Waals surface area contributed by atoms with Crippen LogP contribution in [-0.4, -0.2) is 48.1 Å². The maximum Gasteiger partial charge on any atom is 0.305 e. The Balaban J connectivity index is 2.48. The highest BCUT2D eigenvalue weighted by molar-refractivity contribution is 5.78. The first kappa shape index (κ1) is 15.0. The van der Waals surface area contributed by atoms with E-state index in [-0.39, 0.29) is 24.4 Å². The number of carbonyl (C=O) groups is 2. The Morgan fingerprint density at radius 3 is 2.39 bits per heavy atom. The molecule has 1 aliphatic carbocycles. The average molecular weight is 256 g/mol. The van der Waals surface area contributed by atoms with Gasteiger partial charge in [-0.05, 0) is 19.9 Å². The van der Waals surface area contributed by atoms with Crippen LogP contribution in [0, 0.1) is 0 Å². The van der Waals surface area contributed by atoms with Crippen LogP contribution in [0.4, 0.5) is 0 Å². The Labute approximate surface area is 109 Å². The van der Waals surface area contributed by atoms with E-state index in [0.717, 1.165) is 25.7 Å². The van der Waals surface area contributed by atoms with Gasteiger partial charge in [0.25, 0.3) is 0 Å². The zero-order valence-electron chi connectivity index (χ0n) is 11.4. The number of nitrogens with zero attached hydrogens (tertiary/aromatic N) is 1. The van der Waals surface area contributed by atoms with Crippen LogP contribution >= 0.6 is 0 Å². The monoisotopic (exact) mass is 256 g/mol. The van der Waals surface area contributed by atoms with Crippen molar-refractivity contribution in [3.05, 3.63) is 0 Å². The van der Waals surface area contributed by atoms with E-state index in [1.165, 1.54) is 11.3 Å². The summed E-state index contributed by atoms with van der Waals surface area (Å²) in [7, 11) is 3.59. The van der Waals surface area contributed by atoms with Crippen molar-refractivity contribution in [1.29, 1.82) is 0 Å². The lowest BCUT2D eigenvalue weighted by molar-refractivity contribution is -0.138. The molecule has 0 aromatic heterocycles. The van der Waals surface area contributed by atoms with Gasteiger partial charge in [-0.15, -0.1) is 0 Å². The number of hydrogen-bond donors (Lipinski definition) is 2. The number of carbonyl (C=O) groups excluding carboxylic acids is 1. The number of carboxylic acids is 1. The fourth-order valence-electron chi connectivity index (χ4n) is 2.56. The van der Waals surface area contributed by atoms with Crippen LogP contribution < -0.4 is 5.32 Å². The largest absolute Gasteiger partial charge is 0.481 e. The molecule has 0 radical (unpaired) electrons. The number of amides is 1. The first-order chi connectivity index (χ1) is 8.49. The molecule has 0 heterocycles. The molecule has 1 rings (SSSR count). The van der Waals surface area contributed by atoms with Crippen LogP contribution in [0.15, 0.2) is 0 Å². The minimum atomic E-state index is -0.865. The topological polar surface area (TPSA) is 69.6 Å². The number of rotatable bonds is 6. The molecule has 1 aliphatic rings. The summed E-state index contributed by atoms with van der Waals surface area (Å²) in [6.45, 7) is 0.286. The normalized spacial score (nSPS) is 18.3. The van der Waals surface area contributed by atoms with Crippen LogP contribution in [0.25, 0.3) is 0 Å². The fourth-order valence-corrected chi connectivity index (χ4v) is 2.56. The predicted octanol–water partition coefficient (Wildman–Crippen LogP) is 1.23. The second-order valence-corrected chi connectivity index (χ2v) is 5.23. The molecule has 1 amide bonds. The Bertz CT molecular complexity index is 299. The molecule has 1 saturated carbocycles. The zero-order chi connectivity index (χ0) is 13.6. The van der Waals surface area contributed by atoms with Gasteiger partial charge in [-0.1, -0.05) is 19.3 Å². The van der Waals surface area contributed by atoms with Crippen molar-refractivity contribution in [1.82, 2.24) is 10.2 Å². The lowest BCUT2D eigenvalue weighted by atomic mass is 9.79. The minimum Gasteiger partial charge on any atom is -0.481 e. The Kier molecular flexibility index (Phi) is 5.59. The van der Waals surface area contributed by atoms with Gasteiger partial charge in [-0.25, -0.2) is 0 Å². The molecule has 0 spiro atoms. The van der Waals surface area contributed by atoms with Crippen molar-refractivity contribution in [3.8, 4) is 0 Å². The van der Waals surface area contributed by atoms with Crippen LogP contribution in [-0.2, 0) is 9.59 Å². The van der Waals surface area contributed by atoms with Crippen molar-refractivity contribution >= 4 is 11.9 Å². The van der Waals surface area contributed by atoms with Crippen molar-refractivity contribution in [3.63, 3.8) is 0 Å². The molecular formula is C13H24N2O3. The van der Waals surface area contributed by atoms with Gasteiger partial charge in [0, 0.05) is 25.6 Å². The molecule has 18 heavy (non-hydrogen) atoms. The highest BCUT2D eigenvalue weighted by Crippen LogP contribution is 2.31. The van der Waals surface area contributed by atoms with Crippen molar-refractivity contribution in [2.75, 3.05) is 20.6 Å². The summed E-state index contributed by atoms with van der Waals surface area (Å²) in [6, 6.07) is 0. The predicted molar refractivity (Wildman–Crippen MR) is 69.4 cm³/mol. The second-order valence-electron chi connectivity index (χ2n) is 5.23. The molecule has 1 fully saturated rings. The highest BCUT2D eigenvalue weighted by Gasteiger charge is 2.33. The lowest BCUT2D eigenvalue weighted by Gasteiger charge is -2.37. The SMILES string of the molecule is CNC1(CC(=O)N(C)CCC(=O)O)CCCCC1. The van der Waals surface area contributed by atoms with Crippen molar-refractivity contribution in [2.45, 2.75) is 50.5 Å². The van der Waals surface area contributed by atoms with Gasteiger partial charge in [0.2, 0.25) is 5.91 Å². The van der Waals surface area contributed by atoms with E-state index in [0.29, 0.717) is 6.42 Å². The van der Waals surface area contributed by atoms with Crippen LogP contribution in [0.1, 0.15) is 44.9 Å². The third-order valence-electron chi connectivity index (χ3n) is 3.92. The van der Waals surface area contributed by atoms with E-state index in [1.807, 2.05) is 7.05 Å².